The molecule has 0 heterocycles. The van der Waals surface area contributed by atoms with Crippen molar-refractivity contribution in [2.45, 2.75) is 13.8 Å². The summed E-state index contributed by atoms with van der Waals surface area (Å²) in [6.45, 7) is 10.2. The molecule has 3 heteroatoms. The number of nitrogens with one attached hydrogen (secondary N) is 1. The van der Waals surface area contributed by atoms with Gasteiger partial charge in [0.15, 0.2) is 0 Å². The average molecular weight is 270 g/mol. The molecule has 0 amide bonds. The first kappa shape index (κ1) is 11.6. The number of hydrogen-bond donors (Lipinski definition) is 1. The second-order valence-corrected chi connectivity index (χ2v) is 3.54. The van der Waals surface area contributed by atoms with Crippen LogP contribution < -0.4 is 5.32 Å². The zero-order chi connectivity index (χ0) is 8.53. The van der Waals surface area contributed by atoms with Crippen LogP contribution in [0.1, 0.15) is 13.8 Å². The second kappa shape index (κ2) is 8.74. The van der Waals surface area contributed by atoms with E-state index in [1.807, 2.05) is 0 Å². The highest BCUT2D eigenvalue weighted by atomic mass is 127. The Morgan fingerprint density at radius 3 is 2.27 bits per heavy atom. The molecule has 0 aromatic rings. The van der Waals surface area contributed by atoms with Gasteiger partial charge in [0.25, 0.3) is 0 Å². The minimum atomic E-state index is 1.13. The van der Waals surface area contributed by atoms with Crippen LogP contribution >= 0.6 is 22.6 Å². The van der Waals surface area contributed by atoms with Crippen molar-refractivity contribution in [2.75, 3.05) is 37.2 Å². The molecule has 0 aliphatic rings. The van der Waals surface area contributed by atoms with Gasteiger partial charge < -0.3 is 10.2 Å². The molecule has 68 valence electrons. The molecule has 0 aromatic carbocycles. The molecule has 0 rings (SSSR count). The van der Waals surface area contributed by atoms with Crippen LogP contribution in [0, 0.1) is 0 Å². The minimum Gasteiger partial charge on any atom is -0.315 e. The number of nitrogens with zero attached hydrogens (tertiary/aromatic N) is 1. The predicted octanol–water partition coefficient (Wildman–Crippen LogP) is 1.35. The number of alkyl halides is 1. The third-order valence-corrected chi connectivity index (χ3v) is 2.31. The SMILES string of the molecule is CCN(CC)CCNCCI. The van der Waals surface area contributed by atoms with Crippen LogP contribution in [-0.4, -0.2) is 42.1 Å². The maximum Gasteiger partial charge on any atom is 0.0121 e. The first-order valence-electron chi connectivity index (χ1n) is 4.34. The van der Waals surface area contributed by atoms with Gasteiger partial charge >= 0.3 is 0 Å². The van der Waals surface area contributed by atoms with E-state index in [0.29, 0.717) is 0 Å². The molecule has 0 saturated carbocycles. The summed E-state index contributed by atoms with van der Waals surface area (Å²) in [5, 5.41) is 3.38. The van der Waals surface area contributed by atoms with E-state index < -0.39 is 0 Å². The Morgan fingerprint density at radius 1 is 1.18 bits per heavy atom. The van der Waals surface area contributed by atoms with Crippen molar-refractivity contribution < 1.29 is 0 Å². The van der Waals surface area contributed by atoms with Crippen molar-refractivity contribution in [3.63, 3.8) is 0 Å². The summed E-state index contributed by atoms with van der Waals surface area (Å²) in [4.78, 5) is 2.43. The zero-order valence-electron chi connectivity index (χ0n) is 7.57. The minimum absolute atomic E-state index is 1.13. The molecular formula is C8H19IN2. The lowest BCUT2D eigenvalue weighted by molar-refractivity contribution is 0.303. The molecule has 1 N–H and O–H groups in total. The third kappa shape index (κ3) is 7.03. The Morgan fingerprint density at radius 2 is 1.82 bits per heavy atom. The van der Waals surface area contributed by atoms with Crippen LogP contribution in [0.15, 0.2) is 0 Å². The number of halogens is 1. The fraction of sp³-hybridized carbons (Fsp3) is 1.00. The fourth-order valence-corrected chi connectivity index (χ4v) is 1.35. The second-order valence-electron chi connectivity index (χ2n) is 2.47. The van der Waals surface area contributed by atoms with Gasteiger partial charge in [0, 0.05) is 24.1 Å². The van der Waals surface area contributed by atoms with Crippen LogP contribution in [0.4, 0.5) is 0 Å². The summed E-state index contributed by atoms with van der Waals surface area (Å²) in [6.07, 6.45) is 0. The number of hydrogen-bond acceptors (Lipinski definition) is 2. The smallest absolute Gasteiger partial charge is 0.0121 e. The van der Waals surface area contributed by atoms with Gasteiger partial charge in [-0.1, -0.05) is 36.4 Å². The van der Waals surface area contributed by atoms with E-state index in [-0.39, 0.29) is 0 Å². The predicted molar refractivity (Wildman–Crippen MR) is 59.5 cm³/mol. The van der Waals surface area contributed by atoms with E-state index in [0.717, 1.165) is 13.1 Å². The molecule has 11 heavy (non-hydrogen) atoms. The van der Waals surface area contributed by atoms with Gasteiger partial charge in [-0.2, -0.15) is 0 Å². The first-order valence-corrected chi connectivity index (χ1v) is 5.86. The molecule has 0 radical (unpaired) electrons. The highest BCUT2D eigenvalue weighted by Gasteiger charge is 1.95. The normalized spacial score (nSPS) is 10.9. The monoisotopic (exact) mass is 270 g/mol. The van der Waals surface area contributed by atoms with E-state index >= 15 is 0 Å². The molecule has 0 saturated heterocycles. The molecule has 0 aliphatic carbocycles. The van der Waals surface area contributed by atoms with E-state index in [2.05, 4.69) is 46.7 Å². The molecule has 2 nitrogen and oxygen atoms in total. The highest BCUT2D eigenvalue weighted by Crippen LogP contribution is 1.84. The lowest BCUT2D eigenvalue weighted by Crippen LogP contribution is -2.32. The van der Waals surface area contributed by atoms with Crippen molar-refractivity contribution in [3.8, 4) is 0 Å². The molecule has 0 bridgehead atoms. The van der Waals surface area contributed by atoms with Crippen LogP contribution in [0.2, 0.25) is 0 Å². The lowest BCUT2D eigenvalue weighted by atomic mass is 10.4. The fourth-order valence-electron chi connectivity index (χ4n) is 0.969. The Bertz CT molecular complexity index is 74.5. The van der Waals surface area contributed by atoms with Gasteiger partial charge in [-0.05, 0) is 13.1 Å². The Balaban J connectivity index is 3.07. The third-order valence-electron chi connectivity index (χ3n) is 1.77. The molecule has 0 unspecified atom stereocenters. The Labute approximate surface area is 83.9 Å². The summed E-state index contributed by atoms with van der Waals surface area (Å²) >= 11 is 2.39. The molecule has 0 spiro atoms. The Hall–Kier alpha value is 0.650. The Kier molecular flexibility index (Phi) is 9.26. The van der Waals surface area contributed by atoms with Crippen molar-refractivity contribution in [1.29, 1.82) is 0 Å². The van der Waals surface area contributed by atoms with E-state index in [1.54, 1.807) is 0 Å². The summed E-state index contributed by atoms with van der Waals surface area (Å²) in [5.74, 6) is 0. The maximum absolute atomic E-state index is 3.38. The van der Waals surface area contributed by atoms with Crippen molar-refractivity contribution in [3.05, 3.63) is 0 Å². The largest absolute Gasteiger partial charge is 0.315 e. The number of likely N-dealkylation sites (N-methyl/N-ethyl adjacent to an activating group) is 1. The van der Waals surface area contributed by atoms with Gasteiger partial charge in [-0.3, -0.25) is 0 Å². The van der Waals surface area contributed by atoms with Crippen LogP contribution in [0.3, 0.4) is 0 Å². The highest BCUT2D eigenvalue weighted by molar-refractivity contribution is 14.1. The molecule has 0 atom stereocenters. The standard InChI is InChI=1S/C8H19IN2/c1-3-11(4-2)8-7-10-6-5-9/h10H,3-8H2,1-2H3. The topological polar surface area (TPSA) is 15.3 Å². The maximum atomic E-state index is 3.38. The van der Waals surface area contributed by atoms with E-state index in [4.69, 9.17) is 0 Å². The van der Waals surface area contributed by atoms with E-state index in [9.17, 15) is 0 Å². The van der Waals surface area contributed by atoms with Gasteiger partial charge in [-0.15, -0.1) is 0 Å². The first-order chi connectivity index (χ1) is 5.35. The van der Waals surface area contributed by atoms with Gasteiger partial charge in [0.2, 0.25) is 0 Å². The summed E-state index contributed by atoms with van der Waals surface area (Å²) < 4.78 is 1.20. The van der Waals surface area contributed by atoms with Crippen molar-refractivity contribution >= 4 is 22.6 Å². The molecule has 0 aliphatic heterocycles. The lowest BCUT2D eigenvalue weighted by Gasteiger charge is -2.17. The van der Waals surface area contributed by atoms with Gasteiger partial charge in [-0.25, -0.2) is 0 Å². The molecular weight excluding hydrogens is 251 g/mol. The zero-order valence-corrected chi connectivity index (χ0v) is 9.73. The van der Waals surface area contributed by atoms with Crippen LogP contribution in [0.25, 0.3) is 0 Å². The van der Waals surface area contributed by atoms with Crippen molar-refractivity contribution in [1.82, 2.24) is 10.2 Å². The quantitative estimate of drug-likeness (QED) is 0.427. The summed E-state index contributed by atoms with van der Waals surface area (Å²) in [7, 11) is 0. The number of rotatable bonds is 7. The summed E-state index contributed by atoms with van der Waals surface area (Å²) in [6, 6.07) is 0. The van der Waals surface area contributed by atoms with Crippen LogP contribution in [-0.2, 0) is 0 Å². The molecule has 0 aromatic heterocycles. The van der Waals surface area contributed by atoms with Crippen LogP contribution in [0.5, 0.6) is 0 Å². The average Bonchev–Trinajstić information content (AvgIpc) is 2.05. The van der Waals surface area contributed by atoms with Gasteiger partial charge in [0.05, 0.1) is 0 Å². The van der Waals surface area contributed by atoms with E-state index in [1.165, 1.54) is 24.1 Å². The summed E-state index contributed by atoms with van der Waals surface area (Å²) in [5.41, 5.74) is 0. The van der Waals surface area contributed by atoms with Gasteiger partial charge in [0.1, 0.15) is 0 Å². The van der Waals surface area contributed by atoms with Crippen molar-refractivity contribution in [2.24, 2.45) is 0 Å². The molecule has 0 fully saturated rings.